The molecule has 7 nitrogen and oxygen atoms in total. The number of furan rings is 1. The number of rotatable bonds is 6. The lowest BCUT2D eigenvalue weighted by molar-refractivity contribution is 0.0943. The Labute approximate surface area is 155 Å². The van der Waals surface area contributed by atoms with E-state index in [0.717, 1.165) is 0 Å². The summed E-state index contributed by atoms with van der Waals surface area (Å²) in [6.45, 7) is 2.07. The van der Waals surface area contributed by atoms with Crippen LogP contribution in [0.5, 0.6) is 5.75 Å². The Balaban J connectivity index is 1.74. The average Bonchev–Trinajstić information content (AvgIpc) is 3.13. The predicted molar refractivity (Wildman–Crippen MR) is 97.9 cm³/mol. The highest BCUT2D eigenvalue weighted by Gasteiger charge is 2.12. The summed E-state index contributed by atoms with van der Waals surface area (Å²) in [5.41, 5.74) is 1.60. The van der Waals surface area contributed by atoms with Crippen LogP contribution in [0.2, 0.25) is 5.02 Å². The van der Waals surface area contributed by atoms with E-state index in [4.69, 9.17) is 20.8 Å². The lowest BCUT2D eigenvalue weighted by Crippen LogP contribution is -2.24. The first-order valence-electron chi connectivity index (χ1n) is 7.82. The average molecular weight is 373 g/mol. The number of nitrogens with zero attached hydrogens (tertiary/aromatic N) is 2. The molecule has 1 aromatic carbocycles. The summed E-state index contributed by atoms with van der Waals surface area (Å²) in [5, 5.41) is 6.26. The number of carbonyl (C=O) groups is 1. The topological polar surface area (TPSA) is 89.3 Å². The van der Waals surface area contributed by atoms with Gasteiger partial charge in [-0.25, -0.2) is 9.97 Å². The van der Waals surface area contributed by atoms with Crippen LogP contribution in [0.1, 0.15) is 21.9 Å². The fourth-order valence-corrected chi connectivity index (χ4v) is 2.54. The first-order valence-corrected chi connectivity index (χ1v) is 8.20. The maximum absolute atomic E-state index is 12.3. The van der Waals surface area contributed by atoms with Gasteiger partial charge in [-0.3, -0.25) is 4.79 Å². The lowest BCUT2D eigenvalue weighted by Gasteiger charge is -2.10. The molecule has 3 rings (SSSR count). The van der Waals surface area contributed by atoms with Gasteiger partial charge in [-0.2, -0.15) is 0 Å². The Morgan fingerprint density at radius 1 is 1.27 bits per heavy atom. The molecule has 0 aliphatic rings. The van der Waals surface area contributed by atoms with E-state index >= 15 is 0 Å². The van der Waals surface area contributed by atoms with E-state index in [9.17, 15) is 4.79 Å². The van der Waals surface area contributed by atoms with E-state index in [2.05, 4.69) is 20.6 Å². The minimum Gasteiger partial charge on any atom is -0.495 e. The number of benzene rings is 1. The summed E-state index contributed by atoms with van der Waals surface area (Å²) in [5.74, 6) is 1.22. The van der Waals surface area contributed by atoms with Gasteiger partial charge in [0.15, 0.2) is 0 Å². The Morgan fingerprint density at radius 2 is 2.12 bits per heavy atom. The maximum Gasteiger partial charge on any atom is 0.270 e. The molecule has 8 heteroatoms. The van der Waals surface area contributed by atoms with E-state index in [1.54, 1.807) is 56.7 Å². The van der Waals surface area contributed by atoms with Gasteiger partial charge in [0.1, 0.15) is 17.2 Å². The SMILES string of the molecule is COc1ccc(Nc2nc(C)cc(C(=O)NCc3ccco3)n2)cc1Cl. The van der Waals surface area contributed by atoms with E-state index in [1.807, 2.05) is 0 Å². The summed E-state index contributed by atoms with van der Waals surface area (Å²) in [7, 11) is 1.55. The van der Waals surface area contributed by atoms with Crippen molar-refractivity contribution in [3.63, 3.8) is 0 Å². The zero-order valence-electron chi connectivity index (χ0n) is 14.2. The van der Waals surface area contributed by atoms with E-state index < -0.39 is 0 Å². The number of methoxy groups -OCH3 is 1. The summed E-state index contributed by atoms with van der Waals surface area (Å²) in [6, 6.07) is 10.4. The van der Waals surface area contributed by atoms with Crippen molar-refractivity contribution in [2.45, 2.75) is 13.5 Å². The number of aryl methyl sites for hydroxylation is 1. The van der Waals surface area contributed by atoms with Crippen molar-refractivity contribution in [1.29, 1.82) is 0 Å². The third-order valence-corrected chi connectivity index (χ3v) is 3.79. The fourth-order valence-electron chi connectivity index (χ4n) is 2.29. The number of nitrogens with one attached hydrogen (secondary N) is 2. The highest BCUT2D eigenvalue weighted by Crippen LogP contribution is 2.28. The predicted octanol–water partition coefficient (Wildman–Crippen LogP) is 3.71. The molecule has 2 heterocycles. The van der Waals surface area contributed by atoms with Gasteiger partial charge in [-0.1, -0.05) is 11.6 Å². The number of ether oxygens (including phenoxy) is 1. The molecule has 2 N–H and O–H groups in total. The van der Waals surface area contributed by atoms with Crippen molar-refractivity contribution in [2.24, 2.45) is 0 Å². The van der Waals surface area contributed by atoms with Crippen LogP contribution in [0.25, 0.3) is 0 Å². The molecule has 0 unspecified atom stereocenters. The molecule has 0 aliphatic heterocycles. The first-order chi connectivity index (χ1) is 12.5. The number of aromatic nitrogens is 2. The van der Waals surface area contributed by atoms with Crippen molar-refractivity contribution in [2.75, 3.05) is 12.4 Å². The zero-order chi connectivity index (χ0) is 18.5. The molecule has 134 valence electrons. The van der Waals surface area contributed by atoms with Crippen molar-refractivity contribution in [3.8, 4) is 5.75 Å². The quantitative estimate of drug-likeness (QED) is 0.685. The molecule has 0 bridgehead atoms. The molecule has 0 aliphatic carbocycles. The van der Waals surface area contributed by atoms with Gasteiger partial charge in [-0.05, 0) is 43.3 Å². The Kier molecular flexibility index (Phi) is 5.38. The van der Waals surface area contributed by atoms with Crippen LogP contribution in [-0.2, 0) is 6.54 Å². The highest BCUT2D eigenvalue weighted by molar-refractivity contribution is 6.32. The van der Waals surface area contributed by atoms with Gasteiger partial charge in [0.05, 0.1) is 24.9 Å². The van der Waals surface area contributed by atoms with E-state index in [1.165, 1.54) is 0 Å². The van der Waals surface area contributed by atoms with Gasteiger partial charge in [0.25, 0.3) is 5.91 Å². The van der Waals surface area contributed by atoms with Crippen LogP contribution in [0, 0.1) is 6.92 Å². The molecule has 26 heavy (non-hydrogen) atoms. The molecular formula is C18H17ClN4O3. The Hall–Kier alpha value is -3.06. The molecule has 0 atom stereocenters. The zero-order valence-corrected chi connectivity index (χ0v) is 15.0. The van der Waals surface area contributed by atoms with Crippen molar-refractivity contribution < 1.29 is 13.9 Å². The molecule has 2 aromatic heterocycles. The van der Waals surface area contributed by atoms with E-state index in [-0.39, 0.29) is 18.1 Å². The fraction of sp³-hybridized carbons (Fsp3) is 0.167. The van der Waals surface area contributed by atoms with Gasteiger partial charge in [0, 0.05) is 11.4 Å². The largest absolute Gasteiger partial charge is 0.495 e. The summed E-state index contributed by atoms with van der Waals surface area (Å²) in [6.07, 6.45) is 1.55. The second kappa shape index (κ2) is 7.88. The van der Waals surface area contributed by atoms with Gasteiger partial charge in [0.2, 0.25) is 5.95 Å². The van der Waals surface area contributed by atoms with Crippen LogP contribution in [0.3, 0.4) is 0 Å². The van der Waals surface area contributed by atoms with Crippen LogP contribution in [0.4, 0.5) is 11.6 Å². The van der Waals surface area contributed by atoms with Crippen molar-refractivity contribution >= 4 is 29.1 Å². The Morgan fingerprint density at radius 3 is 2.81 bits per heavy atom. The second-order valence-corrected chi connectivity index (χ2v) is 5.86. The first kappa shape index (κ1) is 17.8. The normalized spacial score (nSPS) is 10.4. The monoisotopic (exact) mass is 372 g/mol. The molecular weight excluding hydrogens is 356 g/mol. The smallest absolute Gasteiger partial charge is 0.270 e. The minimum absolute atomic E-state index is 0.256. The van der Waals surface area contributed by atoms with Crippen LogP contribution in [-0.4, -0.2) is 23.0 Å². The van der Waals surface area contributed by atoms with Gasteiger partial charge < -0.3 is 19.8 Å². The molecule has 0 saturated carbocycles. The van der Waals surface area contributed by atoms with Crippen molar-refractivity contribution in [1.82, 2.24) is 15.3 Å². The summed E-state index contributed by atoms with van der Waals surface area (Å²) >= 11 is 6.12. The number of amides is 1. The highest BCUT2D eigenvalue weighted by atomic mass is 35.5. The minimum atomic E-state index is -0.317. The number of carbonyl (C=O) groups excluding carboxylic acids is 1. The molecule has 0 fully saturated rings. The number of hydrogen-bond acceptors (Lipinski definition) is 6. The van der Waals surface area contributed by atoms with Gasteiger partial charge in [-0.15, -0.1) is 0 Å². The third-order valence-electron chi connectivity index (χ3n) is 3.50. The summed E-state index contributed by atoms with van der Waals surface area (Å²) in [4.78, 5) is 20.9. The molecule has 0 saturated heterocycles. The third kappa shape index (κ3) is 4.31. The molecule has 3 aromatic rings. The van der Waals surface area contributed by atoms with Gasteiger partial charge >= 0.3 is 0 Å². The molecule has 0 spiro atoms. The van der Waals surface area contributed by atoms with Crippen LogP contribution in [0.15, 0.2) is 47.1 Å². The molecule has 1 amide bonds. The number of halogens is 1. The second-order valence-electron chi connectivity index (χ2n) is 5.45. The van der Waals surface area contributed by atoms with E-state index in [0.29, 0.717) is 33.9 Å². The van der Waals surface area contributed by atoms with Crippen LogP contribution < -0.4 is 15.4 Å². The maximum atomic E-state index is 12.3. The standard InChI is InChI=1S/C18H17ClN4O3/c1-11-8-15(17(24)20-10-13-4-3-7-26-13)23-18(21-11)22-12-5-6-16(25-2)14(19)9-12/h3-9H,10H2,1-2H3,(H,20,24)(H,21,22,23). The summed E-state index contributed by atoms with van der Waals surface area (Å²) < 4.78 is 10.3. The van der Waals surface area contributed by atoms with Crippen molar-refractivity contribution in [3.05, 3.63) is 64.8 Å². The Bertz CT molecular complexity index is 913. The number of hydrogen-bond donors (Lipinski definition) is 2. The van der Waals surface area contributed by atoms with Crippen LogP contribution >= 0.6 is 11.6 Å². The lowest BCUT2D eigenvalue weighted by atomic mass is 10.3. The number of anilines is 2. The molecule has 0 radical (unpaired) electrons.